The van der Waals surface area contributed by atoms with Crippen molar-refractivity contribution < 1.29 is 18.9 Å². The number of ether oxygens (including phenoxy) is 4. The van der Waals surface area contributed by atoms with Gasteiger partial charge in [-0.3, -0.25) is 0 Å². The van der Waals surface area contributed by atoms with Crippen molar-refractivity contribution in [3.8, 4) is 0 Å². The highest BCUT2D eigenvalue weighted by Crippen LogP contribution is 2.45. The molecule has 2 heterocycles. The standard InChI is InChI=1S/C38H42O4S/c1-27-19-21-29(22-20-27)24-33-35(40-26-31-17-11-6-12-18-31)37-36(41-38(2,3)42-37)34(39-25-30-15-9-5-10-16-30)32(43-33)23-28-13-7-4-8-14-28/h4-22,32-37H,23-26H2,1-3H3/t32-,33-,34+,35+,36+,37+/m1/s1. The monoisotopic (exact) mass is 594 g/mol. The van der Waals surface area contributed by atoms with Gasteiger partial charge in [-0.15, -0.1) is 11.8 Å². The lowest BCUT2D eigenvalue weighted by Crippen LogP contribution is -2.47. The molecule has 224 valence electrons. The molecule has 6 atom stereocenters. The van der Waals surface area contributed by atoms with Crippen molar-refractivity contribution in [1.82, 2.24) is 0 Å². The molecule has 43 heavy (non-hydrogen) atoms. The quantitative estimate of drug-likeness (QED) is 0.186. The molecule has 0 radical (unpaired) electrons. The van der Waals surface area contributed by atoms with Crippen LogP contribution in [0.2, 0.25) is 0 Å². The molecule has 0 N–H and O–H groups in total. The summed E-state index contributed by atoms with van der Waals surface area (Å²) in [6.45, 7) is 7.19. The largest absolute Gasteiger partial charge is 0.370 e. The summed E-state index contributed by atoms with van der Waals surface area (Å²) < 4.78 is 27.3. The third kappa shape index (κ3) is 7.78. The number of hydrogen-bond acceptors (Lipinski definition) is 5. The second kappa shape index (κ2) is 13.8. The van der Waals surface area contributed by atoms with Gasteiger partial charge in [-0.05, 0) is 55.9 Å². The second-order valence-corrected chi connectivity index (χ2v) is 13.7. The van der Waals surface area contributed by atoms with Gasteiger partial charge in [0.1, 0.15) is 12.2 Å². The molecule has 0 saturated carbocycles. The normalized spacial score (nSPS) is 26.5. The maximum absolute atomic E-state index is 6.89. The molecule has 5 heteroatoms. The highest BCUT2D eigenvalue weighted by Gasteiger charge is 2.55. The van der Waals surface area contributed by atoms with Gasteiger partial charge in [-0.1, -0.05) is 121 Å². The first kappa shape index (κ1) is 30.1. The fourth-order valence-corrected chi connectivity index (χ4v) is 8.00. The number of benzene rings is 4. The van der Waals surface area contributed by atoms with Gasteiger partial charge in [0, 0.05) is 10.5 Å². The molecule has 2 saturated heterocycles. The van der Waals surface area contributed by atoms with Crippen LogP contribution in [0.15, 0.2) is 115 Å². The van der Waals surface area contributed by atoms with Crippen molar-refractivity contribution in [3.63, 3.8) is 0 Å². The van der Waals surface area contributed by atoms with Gasteiger partial charge in [-0.25, -0.2) is 0 Å². The Morgan fingerprint density at radius 2 is 0.953 bits per heavy atom. The minimum Gasteiger partial charge on any atom is -0.370 e. The molecular formula is C38H42O4S. The lowest BCUT2D eigenvalue weighted by Gasteiger charge is -2.32. The Morgan fingerprint density at radius 1 is 0.558 bits per heavy atom. The van der Waals surface area contributed by atoms with Gasteiger partial charge in [-0.2, -0.15) is 0 Å². The van der Waals surface area contributed by atoms with E-state index in [0.717, 1.165) is 24.0 Å². The molecule has 2 fully saturated rings. The Labute approximate surface area is 260 Å². The number of hydrogen-bond donors (Lipinski definition) is 0. The van der Waals surface area contributed by atoms with Crippen LogP contribution in [0.25, 0.3) is 0 Å². The first-order valence-corrected chi connectivity index (χ1v) is 16.3. The van der Waals surface area contributed by atoms with Crippen LogP contribution < -0.4 is 0 Å². The topological polar surface area (TPSA) is 36.9 Å². The summed E-state index contributed by atoms with van der Waals surface area (Å²) >= 11 is 1.98. The van der Waals surface area contributed by atoms with Crippen molar-refractivity contribution in [2.45, 2.75) is 87.5 Å². The van der Waals surface area contributed by atoms with Crippen LogP contribution >= 0.6 is 11.8 Å². The van der Waals surface area contributed by atoms with Gasteiger partial charge < -0.3 is 18.9 Å². The maximum atomic E-state index is 6.89. The van der Waals surface area contributed by atoms with E-state index < -0.39 is 5.79 Å². The molecule has 0 amide bonds. The number of aryl methyl sites for hydroxylation is 1. The van der Waals surface area contributed by atoms with Crippen molar-refractivity contribution in [2.75, 3.05) is 0 Å². The fraction of sp³-hybridized carbons (Fsp3) is 0.368. The summed E-state index contributed by atoms with van der Waals surface area (Å²) in [4.78, 5) is 0. The van der Waals surface area contributed by atoms with E-state index in [0.29, 0.717) is 13.2 Å². The molecule has 0 aliphatic carbocycles. The van der Waals surface area contributed by atoms with Crippen molar-refractivity contribution in [1.29, 1.82) is 0 Å². The van der Waals surface area contributed by atoms with E-state index in [9.17, 15) is 0 Å². The lowest BCUT2D eigenvalue weighted by molar-refractivity contribution is -0.167. The van der Waals surface area contributed by atoms with Crippen LogP contribution in [0.1, 0.15) is 41.7 Å². The fourth-order valence-electron chi connectivity index (χ4n) is 6.20. The van der Waals surface area contributed by atoms with E-state index in [4.69, 9.17) is 18.9 Å². The van der Waals surface area contributed by atoms with Crippen LogP contribution in [0.3, 0.4) is 0 Å². The highest BCUT2D eigenvalue weighted by atomic mass is 32.2. The molecule has 2 aliphatic rings. The predicted molar refractivity (Wildman–Crippen MR) is 174 cm³/mol. The minimum absolute atomic E-state index is 0.135. The molecule has 0 aromatic heterocycles. The second-order valence-electron chi connectivity index (χ2n) is 12.2. The summed E-state index contributed by atoms with van der Waals surface area (Å²) in [5.74, 6) is -0.744. The molecule has 4 aromatic rings. The summed E-state index contributed by atoms with van der Waals surface area (Å²) in [6.07, 6.45) is 0.804. The molecular weight excluding hydrogens is 552 g/mol. The molecule has 0 spiro atoms. The van der Waals surface area contributed by atoms with E-state index in [1.165, 1.54) is 16.7 Å². The summed E-state index contributed by atoms with van der Waals surface area (Å²) in [6, 6.07) is 40.5. The first-order chi connectivity index (χ1) is 20.9. The molecule has 0 unspecified atom stereocenters. The van der Waals surface area contributed by atoms with Crippen LogP contribution in [-0.4, -0.2) is 40.7 Å². The maximum Gasteiger partial charge on any atom is 0.164 e. The Balaban J connectivity index is 1.38. The Morgan fingerprint density at radius 3 is 1.40 bits per heavy atom. The number of rotatable bonds is 10. The summed E-state index contributed by atoms with van der Waals surface area (Å²) in [7, 11) is 0. The smallest absolute Gasteiger partial charge is 0.164 e. The van der Waals surface area contributed by atoms with Crippen LogP contribution in [-0.2, 0) is 45.0 Å². The van der Waals surface area contributed by atoms with Gasteiger partial charge in [0.2, 0.25) is 0 Å². The average Bonchev–Trinajstić information content (AvgIpc) is 3.29. The van der Waals surface area contributed by atoms with Gasteiger partial charge >= 0.3 is 0 Å². The zero-order valence-electron chi connectivity index (χ0n) is 25.3. The van der Waals surface area contributed by atoms with E-state index in [1.807, 2.05) is 37.7 Å². The van der Waals surface area contributed by atoms with E-state index in [2.05, 4.69) is 110 Å². The van der Waals surface area contributed by atoms with Crippen LogP contribution in [0.5, 0.6) is 0 Å². The predicted octanol–water partition coefficient (Wildman–Crippen LogP) is 7.96. The van der Waals surface area contributed by atoms with Crippen LogP contribution in [0.4, 0.5) is 0 Å². The van der Waals surface area contributed by atoms with Crippen molar-refractivity contribution in [3.05, 3.63) is 143 Å². The zero-order valence-corrected chi connectivity index (χ0v) is 26.1. The van der Waals surface area contributed by atoms with E-state index >= 15 is 0 Å². The van der Waals surface area contributed by atoms with E-state index in [1.54, 1.807) is 0 Å². The minimum atomic E-state index is -0.744. The molecule has 6 rings (SSSR count). The molecule has 4 nitrogen and oxygen atoms in total. The first-order valence-electron chi connectivity index (χ1n) is 15.4. The SMILES string of the molecule is Cc1ccc(C[C@H]2S[C@H](Cc3ccccc3)[C@H](OCc3ccccc3)[C@@H]3OC(C)(C)O[C@H]3[C@H]2OCc2ccccc2)cc1. The Kier molecular flexibility index (Phi) is 9.66. The van der Waals surface area contributed by atoms with Crippen molar-refractivity contribution in [2.24, 2.45) is 0 Å². The molecule has 2 aliphatic heterocycles. The van der Waals surface area contributed by atoms with Gasteiger partial charge in [0.05, 0.1) is 25.4 Å². The van der Waals surface area contributed by atoms with Crippen LogP contribution in [0, 0.1) is 6.92 Å². The number of fused-ring (bicyclic) bond motifs is 1. The third-order valence-corrected chi connectivity index (χ3v) is 9.87. The summed E-state index contributed by atoms with van der Waals surface area (Å²) in [5.41, 5.74) is 6.16. The lowest BCUT2D eigenvalue weighted by atomic mass is 9.94. The Hall–Kier alpha value is -2.93. The molecule has 4 aromatic carbocycles. The highest BCUT2D eigenvalue weighted by molar-refractivity contribution is 8.00. The van der Waals surface area contributed by atoms with Gasteiger partial charge in [0.25, 0.3) is 0 Å². The zero-order chi connectivity index (χ0) is 29.6. The Bertz CT molecular complexity index is 1410. The summed E-state index contributed by atoms with van der Waals surface area (Å²) in [5, 5.41) is 0.271. The van der Waals surface area contributed by atoms with E-state index in [-0.39, 0.29) is 34.9 Å². The number of thioether (sulfide) groups is 1. The average molecular weight is 595 g/mol. The molecule has 0 bridgehead atoms. The third-order valence-electron chi connectivity index (χ3n) is 8.30. The van der Waals surface area contributed by atoms with Gasteiger partial charge in [0.15, 0.2) is 5.79 Å². The van der Waals surface area contributed by atoms with Crippen molar-refractivity contribution >= 4 is 11.8 Å².